The summed E-state index contributed by atoms with van der Waals surface area (Å²) in [5.74, 6) is 0.395. The van der Waals surface area contributed by atoms with E-state index in [4.69, 9.17) is 5.73 Å². The molecular weight excluding hydrogens is 200 g/mol. The molecule has 1 aliphatic carbocycles. The van der Waals surface area contributed by atoms with Crippen LogP contribution in [0, 0.1) is 5.92 Å². The van der Waals surface area contributed by atoms with E-state index in [1.165, 1.54) is 0 Å². The molecule has 0 spiro atoms. The van der Waals surface area contributed by atoms with Crippen LogP contribution in [0.1, 0.15) is 25.7 Å². The Morgan fingerprint density at radius 2 is 1.79 bits per heavy atom. The van der Waals surface area contributed by atoms with Gasteiger partial charge in [-0.25, -0.2) is 12.7 Å². The maximum atomic E-state index is 12.0. The molecule has 1 saturated carbocycles. The summed E-state index contributed by atoms with van der Waals surface area (Å²) in [6.07, 6.45) is 3.84. The Labute approximate surface area is 85.5 Å². The molecule has 14 heavy (non-hydrogen) atoms. The smallest absolute Gasteiger partial charge is 0.217 e. The molecular formula is C9H18N2O2S. The van der Waals surface area contributed by atoms with Crippen LogP contribution in [0.25, 0.3) is 0 Å². The van der Waals surface area contributed by atoms with Crippen molar-refractivity contribution in [3.8, 4) is 0 Å². The van der Waals surface area contributed by atoms with Crippen molar-refractivity contribution in [3.63, 3.8) is 0 Å². The third-order valence-corrected chi connectivity index (χ3v) is 5.67. The predicted octanol–water partition coefficient (Wildman–Crippen LogP) is 0.149. The number of nitrogens with two attached hydrogens (primary N) is 1. The Hall–Kier alpha value is -0.130. The van der Waals surface area contributed by atoms with Crippen LogP contribution in [0.15, 0.2) is 0 Å². The van der Waals surface area contributed by atoms with Gasteiger partial charge in [0.05, 0.1) is 5.25 Å². The molecule has 0 radical (unpaired) electrons. The molecule has 0 bridgehead atoms. The van der Waals surface area contributed by atoms with Crippen LogP contribution in [0.3, 0.4) is 0 Å². The Kier molecular flexibility index (Phi) is 2.81. The van der Waals surface area contributed by atoms with Gasteiger partial charge in [-0.15, -0.1) is 0 Å². The molecule has 5 heteroatoms. The van der Waals surface area contributed by atoms with Crippen molar-refractivity contribution in [2.75, 3.05) is 19.6 Å². The quantitative estimate of drug-likeness (QED) is 0.733. The van der Waals surface area contributed by atoms with E-state index in [-0.39, 0.29) is 5.25 Å². The summed E-state index contributed by atoms with van der Waals surface area (Å²) in [5.41, 5.74) is 5.47. The van der Waals surface area contributed by atoms with Gasteiger partial charge in [-0.05, 0) is 25.3 Å². The molecule has 0 aromatic heterocycles. The first-order valence-electron chi connectivity index (χ1n) is 5.33. The molecule has 0 aromatic carbocycles. The monoisotopic (exact) mass is 218 g/mol. The van der Waals surface area contributed by atoms with E-state index in [0.29, 0.717) is 25.6 Å². The molecule has 1 saturated heterocycles. The first-order valence-corrected chi connectivity index (χ1v) is 6.84. The third-order valence-electron chi connectivity index (χ3n) is 3.34. The lowest BCUT2D eigenvalue weighted by Gasteiger charge is -2.38. The highest BCUT2D eigenvalue weighted by molar-refractivity contribution is 7.89. The van der Waals surface area contributed by atoms with Gasteiger partial charge in [0.25, 0.3) is 0 Å². The number of rotatable bonds is 3. The second kappa shape index (κ2) is 3.79. The molecule has 1 aliphatic heterocycles. The molecule has 2 aliphatic rings. The highest BCUT2D eigenvalue weighted by Gasteiger charge is 2.40. The van der Waals surface area contributed by atoms with E-state index in [0.717, 1.165) is 25.7 Å². The highest BCUT2D eigenvalue weighted by atomic mass is 32.2. The topological polar surface area (TPSA) is 63.4 Å². The van der Waals surface area contributed by atoms with E-state index in [1.54, 1.807) is 4.31 Å². The van der Waals surface area contributed by atoms with Crippen molar-refractivity contribution in [1.82, 2.24) is 4.31 Å². The van der Waals surface area contributed by atoms with Crippen LogP contribution in [-0.4, -0.2) is 37.6 Å². The molecule has 1 heterocycles. The van der Waals surface area contributed by atoms with Gasteiger partial charge in [-0.3, -0.25) is 0 Å². The van der Waals surface area contributed by atoms with Crippen LogP contribution in [-0.2, 0) is 10.0 Å². The molecule has 0 amide bonds. The standard InChI is InChI=1S/C9H18N2O2S/c10-5-8-6-11(7-8)14(12,13)9-3-1-2-4-9/h8-9H,1-7,10H2. The van der Waals surface area contributed by atoms with Crippen molar-refractivity contribution in [2.45, 2.75) is 30.9 Å². The minimum Gasteiger partial charge on any atom is -0.330 e. The van der Waals surface area contributed by atoms with Crippen LogP contribution in [0.5, 0.6) is 0 Å². The Bertz CT molecular complexity index is 290. The molecule has 0 aromatic rings. The Balaban J connectivity index is 1.96. The summed E-state index contributed by atoms with van der Waals surface area (Å²) in [4.78, 5) is 0. The Morgan fingerprint density at radius 3 is 2.29 bits per heavy atom. The summed E-state index contributed by atoms with van der Waals surface area (Å²) in [6, 6.07) is 0. The summed E-state index contributed by atoms with van der Waals surface area (Å²) in [6.45, 7) is 1.90. The molecule has 82 valence electrons. The largest absolute Gasteiger partial charge is 0.330 e. The lowest BCUT2D eigenvalue weighted by atomic mass is 10.0. The second-order valence-corrected chi connectivity index (χ2v) is 6.58. The SMILES string of the molecule is NCC1CN(S(=O)(=O)C2CCCC2)C1. The van der Waals surface area contributed by atoms with E-state index >= 15 is 0 Å². The molecule has 2 rings (SSSR count). The van der Waals surface area contributed by atoms with Gasteiger partial charge in [0.2, 0.25) is 10.0 Å². The predicted molar refractivity (Wildman–Crippen MR) is 55.3 cm³/mol. The lowest BCUT2D eigenvalue weighted by molar-refractivity contribution is 0.205. The fraction of sp³-hybridized carbons (Fsp3) is 1.00. The molecule has 0 unspecified atom stereocenters. The van der Waals surface area contributed by atoms with Crippen molar-refractivity contribution < 1.29 is 8.42 Å². The zero-order valence-electron chi connectivity index (χ0n) is 8.35. The van der Waals surface area contributed by atoms with Gasteiger partial charge >= 0.3 is 0 Å². The third kappa shape index (κ3) is 1.68. The van der Waals surface area contributed by atoms with Gasteiger partial charge < -0.3 is 5.73 Å². The van der Waals surface area contributed by atoms with E-state index < -0.39 is 10.0 Å². The zero-order chi connectivity index (χ0) is 10.2. The minimum absolute atomic E-state index is 0.0961. The highest BCUT2D eigenvalue weighted by Crippen LogP contribution is 2.30. The van der Waals surface area contributed by atoms with E-state index in [1.807, 2.05) is 0 Å². The second-order valence-electron chi connectivity index (χ2n) is 4.37. The summed E-state index contributed by atoms with van der Waals surface area (Å²) in [5, 5.41) is -0.0961. The van der Waals surface area contributed by atoms with E-state index in [2.05, 4.69) is 0 Å². The maximum absolute atomic E-state index is 12.0. The maximum Gasteiger partial charge on any atom is 0.217 e. The summed E-state index contributed by atoms with van der Waals surface area (Å²) in [7, 11) is -2.97. The lowest BCUT2D eigenvalue weighted by Crippen LogP contribution is -2.54. The zero-order valence-corrected chi connectivity index (χ0v) is 9.17. The average Bonchev–Trinajstić information content (AvgIpc) is 2.53. The first-order chi connectivity index (χ1) is 6.64. The van der Waals surface area contributed by atoms with Crippen molar-refractivity contribution >= 4 is 10.0 Å². The average molecular weight is 218 g/mol. The Morgan fingerprint density at radius 1 is 1.21 bits per heavy atom. The fourth-order valence-corrected chi connectivity index (χ4v) is 4.46. The van der Waals surface area contributed by atoms with Crippen LogP contribution in [0.2, 0.25) is 0 Å². The first kappa shape index (κ1) is 10.4. The fourth-order valence-electron chi connectivity index (χ4n) is 2.28. The van der Waals surface area contributed by atoms with Crippen LogP contribution in [0.4, 0.5) is 0 Å². The number of hydrogen-bond donors (Lipinski definition) is 1. The molecule has 0 atom stereocenters. The molecule has 2 fully saturated rings. The van der Waals surface area contributed by atoms with Gasteiger partial charge in [0.1, 0.15) is 0 Å². The van der Waals surface area contributed by atoms with Gasteiger partial charge in [0, 0.05) is 13.1 Å². The molecule has 4 nitrogen and oxygen atoms in total. The minimum atomic E-state index is -2.97. The van der Waals surface area contributed by atoms with Crippen LogP contribution >= 0.6 is 0 Å². The van der Waals surface area contributed by atoms with Crippen LogP contribution < -0.4 is 5.73 Å². The van der Waals surface area contributed by atoms with Gasteiger partial charge in [0.15, 0.2) is 0 Å². The summed E-state index contributed by atoms with van der Waals surface area (Å²) < 4.78 is 25.5. The van der Waals surface area contributed by atoms with E-state index in [9.17, 15) is 8.42 Å². The normalized spacial score (nSPS) is 26.6. The van der Waals surface area contributed by atoms with Crippen molar-refractivity contribution in [3.05, 3.63) is 0 Å². The van der Waals surface area contributed by atoms with Crippen molar-refractivity contribution in [1.29, 1.82) is 0 Å². The number of nitrogens with zero attached hydrogens (tertiary/aromatic N) is 1. The number of hydrogen-bond acceptors (Lipinski definition) is 3. The van der Waals surface area contributed by atoms with Gasteiger partial charge in [-0.2, -0.15) is 0 Å². The summed E-state index contributed by atoms with van der Waals surface area (Å²) >= 11 is 0. The number of sulfonamides is 1. The molecule has 2 N–H and O–H groups in total. The van der Waals surface area contributed by atoms with Gasteiger partial charge in [-0.1, -0.05) is 12.8 Å². The van der Waals surface area contributed by atoms with Crippen molar-refractivity contribution in [2.24, 2.45) is 11.7 Å².